The number of nitrogens with zero attached hydrogens (tertiary/aromatic N) is 1. The number of para-hydroxylation sites is 1. The minimum absolute atomic E-state index is 0.225. The van der Waals surface area contributed by atoms with Gasteiger partial charge in [-0.3, -0.25) is 0 Å². The van der Waals surface area contributed by atoms with Gasteiger partial charge < -0.3 is 10.2 Å². The average molecular weight is 274 g/mol. The normalized spacial score (nSPS) is 19.9. The van der Waals surface area contributed by atoms with Crippen LogP contribution in [0.4, 0.5) is 5.69 Å². The predicted octanol–water partition coefficient (Wildman–Crippen LogP) is 4.02. The largest absolute Gasteiger partial charge is 0.371 e. The van der Waals surface area contributed by atoms with Crippen molar-refractivity contribution >= 4 is 5.69 Å². The van der Waals surface area contributed by atoms with Gasteiger partial charge in [-0.25, -0.2) is 0 Å². The molecule has 1 aromatic rings. The van der Waals surface area contributed by atoms with Crippen molar-refractivity contribution in [1.29, 1.82) is 0 Å². The molecule has 1 aromatic carbocycles. The Bertz CT molecular complexity index is 431. The zero-order chi connectivity index (χ0) is 14.8. The van der Waals surface area contributed by atoms with E-state index in [-0.39, 0.29) is 5.54 Å². The Labute approximate surface area is 124 Å². The van der Waals surface area contributed by atoms with Gasteiger partial charge in [0, 0.05) is 30.9 Å². The summed E-state index contributed by atoms with van der Waals surface area (Å²) in [5.74, 6) is 1.37. The maximum absolute atomic E-state index is 3.65. The number of anilines is 1. The van der Waals surface area contributed by atoms with E-state index >= 15 is 0 Å². The molecule has 1 heterocycles. The van der Waals surface area contributed by atoms with Gasteiger partial charge in [0.2, 0.25) is 0 Å². The Hall–Kier alpha value is -1.02. The standard InChI is InChI=1S/C18H30N2/c1-14(2)16-8-6-7-9-17(16)20-11-10-15(13-20)12-19-18(3,4)5/h6-9,14-15,19H,10-13H2,1-5H3. The maximum Gasteiger partial charge on any atom is 0.0401 e. The van der Waals surface area contributed by atoms with E-state index in [0.717, 1.165) is 12.5 Å². The molecule has 0 aliphatic carbocycles. The summed E-state index contributed by atoms with van der Waals surface area (Å²) in [5, 5.41) is 3.65. The monoisotopic (exact) mass is 274 g/mol. The van der Waals surface area contributed by atoms with Crippen molar-refractivity contribution in [3.05, 3.63) is 29.8 Å². The second-order valence-electron chi connectivity index (χ2n) is 7.45. The molecule has 2 nitrogen and oxygen atoms in total. The van der Waals surface area contributed by atoms with E-state index in [2.05, 4.69) is 69.1 Å². The molecular formula is C18H30N2. The molecule has 0 radical (unpaired) electrons. The van der Waals surface area contributed by atoms with E-state index < -0.39 is 0 Å². The lowest BCUT2D eigenvalue weighted by Crippen LogP contribution is -2.39. The molecule has 0 saturated carbocycles. The van der Waals surface area contributed by atoms with Crippen molar-refractivity contribution in [1.82, 2.24) is 5.32 Å². The summed E-state index contributed by atoms with van der Waals surface area (Å²) in [6.07, 6.45) is 1.30. The lowest BCUT2D eigenvalue weighted by atomic mass is 10.0. The molecule has 1 saturated heterocycles. The molecule has 0 amide bonds. The molecule has 1 atom stereocenters. The van der Waals surface area contributed by atoms with Crippen LogP contribution < -0.4 is 10.2 Å². The third kappa shape index (κ3) is 3.99. The minimum atomic E-state index is 0.225. The molecule has 0 spiro atoms. The Balaban J connectivity index is 1.99. The van der Waals surface area contributed by atoms with Crippen LogP contribution >= 0.6 is 0 Å². The van der Waals surface area contributed by atoms with Gasteiger partial charge in [-0.15, -0.1) is 0 Å². The third-order valence-corrected chi connectivity index (χ3v) is 4.11. The van der Waals surface area contributed by atoms with Crippen LogP contribution in [0.5, 0.6) is 0 Å². The van der Waals surface area contributed by atoms with E-state index in [4.69, 9.17) is 0 Å². The topological polar surface area (TPSA) is 15.3 Å². The van der Waals surface area contributed by atoms with E-state index in [1.54, 1.807) is 0 Å². The maximum atomic E-state index is 3.65. The summed E-state index contributed by atoms with van der Waals surface area (Å²) in [4.78, 5) is 2.57. The average Bonchev–Trinajstić information content (AvgIpc) is 2.84. The van der Waals surface area contributed by atoms with Crippen LogP contribution in [0.3, 0.4) is 0 Å². The summed E-state index contributed by atoms with van der Waals surface area (Å²) in [5.41, 5.74) is 3.15. The van der Waals surface area contributed by atoms with E-state index in [1.165, 1.54) is 30.8 Å². The van der Waals surface area contributed by atoms with Crippen LogP contribution in [-0.4, -0.2) is 25.2 Å². The van der Waals surface area contributed by atoms with Crippen LogP contribution in [0.2, 0.25) is 0 Å². The third-order valence-electron chi connectivity index (χ3n) is 4.11. The summed E-state index contributed by atoms with van der Waals surface area (Å²) >= 11 is 0. The zero-order valence-electron chi connectivity index (χ0n) is 13.7. The van der Waals surface area contributed by atoms with Crippen LogP contribution in [-0.2, 0) is 0 Å². The highest BCUT2D eigenvalue weighted by atomic mass is 15.2. The van der Waals surface area contributed by atoms with Crippen molar-refractivity contribution in [2.24, 2.45) is 5.92 Å². The number of hydrogen-bond donors (Lipinski definition) is 1. The second kappa shape index (κ2) is 6.17. The van der Waals surface area contributed by atoms with Crippen molar-refractivity contribution in [2.75, 3.05) is 24.5 Å². The molecule has 0 aromatic heterocycles. The Morgan fingerprint density at radius 2 is 1.95 bits per heavy atom. The van der Waals surface area contributed by atoms with Crippen molar-refractivity contribution < 1.29 is 0 Å². The first kappa shape index (κ1) is 15.4. The molecule has 1 fully saturated rings. The molecule has 1 aliphatic rings. The molecule has 20 heavy (non-hydrogen) atoms. The summed E-state index contributed by atoms with van der Waals surface area (Å²) < 4.78 is 0. The van der Waals surface area contributed by atoms with Crippen LogP contribution in [0.1, 0.15) is 52.5 Å². The first-order valence-corrected chi connectivity index (χ1v) is 7.96. The van der Waals surface area contributed by atoms with E-state index in [1.807, 2.05) is 0 Å². The van der Waals surface area contributed by atoms with Crippen LogP contribution in [0.25, 0.3) is 0 Å². The lowest BCUT2D eigenvalue weighted by molar-refractivity contribution is 0.383. The Morgan fingerprint density at radius 1 is 1.25 bits per heavy atom. The van der Waals surface area contributed by atoms with Crippen LogP contribution in [0, 0.1) is 5.92 Å². The number of rotatable bonds is 4. The first-order valence-electron chi connectivity index (χ1n) is 7.96. The smallest absolute Gasteiger partial charge is 0.0401 e. The van der Waals surface area contributed by atoms with Gasteiger partial charge in [0.25, 0.3) is 0 Å². The molecule has 1 N–H and O–H groups in total. The summed E-state index contributed by atoms with van der Waals surface area (Å²) in [7, 11) is 0. The highest BCUT2D eigenvalue weighted by molar-refractivity contribution is 5.55. The van der Waals surface area contributed by atoms with Crippen molar-refractivity contribution in [3.8, 4) is 0 Å². The quantitative estimate of drug-likeness (QED) is 0.892. The van der Waals surface area contributed by atoms with Crippen molar-refractivity contribution in [2.45, 2.75) is 52.5 Å². The van der Waals surface area contributed by atoms with E-state index in [9.17, 15) is 0 Å². The fourth-order valence-electron chi connectivity index (χ4n) is 2.93. The fraction of sp³-hybridized carbons (Fsp3) is 0.667. The zero-order valence-corrected chi connectivity index (χ0v) is 13.7. The molecule has 2 rings (SSSR count). The van der Waals surface area contributed by atoms with Gasteiger partial charge >= 0.3 is 0 Å². The van der Waals surface area contributed by atoms with Gasteiger partial charge in [-0.05, 0) is 50.7 Å². The molecular weight excluding hydrogens is 244 g/mol. The Kier molecular flexibility index (Phi) is 4.74. The van der Waals surface area contributed by atoms with Gasteiger partial charge in [-0.2, -0.15) is 0 Å². The highest BCUT2D eigenvalue weighted by Gasteiger charge is 2.25. The summed E-state index contributed by atoms with van der Waals surface area (Å²) in [6, 6.07) is 8.89. The second-order valence-corrected chi connectivity index (χ2v) is 7.45. The molecule has 112 valence electrons. The lowest BCUT2D eigenvalue weighted by Gasteiger charge is -2.25. The van der Waals surface area contributed by atoms with Gasteiger partial charge in [0.15, 0.2) is 0 Å². The Morgan fingerprint density at radius 3 is 2.60 bits per heavy atom. The van der Waals surface area contributed by atoms with Gasteiger partial charge in [-0.1, -0.05) is 32.0 Å². The molecule has 0 bridgehead atoms. The first-order chi connectivity index (χ1) is 9.37. The SMILES string of the molecule is CC(C)c1ccccc1N1CCC(CNC(C)(C)C)C1. The highest BCUT2D eigenvalue weighted by Crippen LogP contribution is 2.31. The van der Waals surface area contributed by atoms with Gasteiger partial charge in [0.05, 0.1) is 0 Å². The van der Waals surface area contributed by atoms with E-state index in [0.29, 0.717) is 5.92 Å². The molecule has 2 heteroatoms. The van der Waals surface area contributed by atoms with Crippen molar-refractivity contribution in [3.63, 3.8) is 0 Å². The summed E-state index contributed by atoms with van der Waals surface area (Å²) in [6.45, 7) is 14.8. The number of benzene rings is 1. The predicted molar refractivity (Wildman–Crippen MR) is 88.6 cm³/mol. The fourth-order valence-corrected chi connectivity index (χ4v) is 2.93. The minimum Gasteiger partial charge on any atom is -0.371 e. The number of nitrogens with one attached hydrogen (secondary N) is 1. The molecule has 1 unspecified atom stereocenters. The van der Waals surface area contributed by atoms with Gasteiger partial charge in [0.1, 0.15) is 0 Å². The molecule has 1 aliphatic heterocycles. The number of hydrogen-bond acceptors (Lipinski definition) is 2. The van der Waals surface area contributed by atoms with Crippen LogP contribution in [0.15, 0.2) is 24.3 Å².